The Morgan fingerprint density at radius 3 is 2.50 bits per heavy atom. The smallest absolute Gasteiger partial charge is 0.338 e. The lowest BCUT2D eigenvalue weighted by atomic mass is 9.49. The number of esters is 2. The topological polar surface area (TPSA) is 52.6 Å². The minimum Gasteiger partial charge on any atom is -0.469 e. The van der Waals surface area contributed by atoms with E-state index in [1.54, 1.807) is 0 Å². The van der Waals surface area contributed by atoms with Crippen LogP contribution in [0.2, 0.25) is 0 Å². The molecule has 0 N–H and O–H groups in total. The number of benzene rings is 1. The molecule has 4 heteroatoms. The Bertz CT molecular complexity index is 738. The van der Waals surface area contributed by atoms with Crippen LogP contribution in [0.25, 0.3) is 0 Å². The summed E-state index contributed by atoms with van der Waals surface area (Å²) in [5.74, 6) is -0.0869. The summed E-state index contributed by atoms with van der Waals surface area (Å²) in [5.41, 5.74) is 3.90. The van der Waals surface area contributed by atoms with Gasteiger partial charge in [0, 0.05) is 0 Å². The number of carbonyl (C=O) groups is 2. The van der Waals surface area contributed by atoms with Gasteiger partial charge in [-0.2, -0.15) is 0 Å². The van der Waals surface area contributed by atoms with Gasteiger partial charge in [0.25, 0.3) is 0 Å². The Hall–Kier alpha value is -1.84. The highest BCUT2D eigenvalue weighted by atomic mass is 16.5. The molecule has 1 aromatic rings. The zero-order valence-corrected chi connectivity index (χ0v) is 16.6. The zero-order chi connectivity index (χ0) is 19.1. The van der Waals surface area contributed by atoms with Gasteiger partial charge in [0.05, 0.1) is 25.2 Å². The summed E-state index contributed by atoms with van der Waals surface area (Å²) in [4.78, 5) is 24.8. The van der Waals surface area contributed by atoms with E-state index < -0.39 is 5.41 Å². The molecule has 0 radical (unpaired) electrons. The van der Waals surface area contributed by atoms with Gasteiger partial charge in [-0.05, 0) is 73.1 Å². The molecular formula is C22H30O4. The molecular weight excluding hydrogens is 328 g/mol. The summed E-state index contributed by atoms with van der Waals surface area (Å²) < 4.78 is 10.2. The van der Waals surface area contributed by atoms with E-state index in [9.17, 15) is 9.59 Å². The van der Waals surface area contributed by atoms with Crippen LogP contribution in [0, 0.1) is 11.3 Å². The van der Waals surface area contributed by atoms with Crippen molar-refractivity contribution in [1.82, 2.24) is 0 Å². The molecule has 26 heavy (non-hydrogen) atoms. The van der Waals surface area contributed by atoms with Crippen LogP contribution < -0.4 is 0 Å². The van der Waals surface area contributed by atoms with E-state index in [-0.39, 0.29) is 23.3 Å². The Labute approximate surface area is 156 Å². The first-order valence-corrected chi connectivity index (χ1v) is 9.65. The zero-order valence-electron chi connectivity index (χ0n) is 16.6. The number of hydrogen-bond acceptors (Lipinski definition) is 4. The van der Waals surface area contributed by atoms with Crippen LogP contribution in [-0.2, 0) is 32.5 Å². The van der Waals surface area contributed by atoms with E-state index >= 15 is 0 Å². The fourth-order valence-electron chi connectivity index (χ4n) is 5.82. The van der Waals surface area contributed by atoms with Crippen LogP contribution in [0.5, 0.6) is 0 Å². The Morgan fingerprint density at radius 2 is 1.88 bits per heavy atom. The first kappa shape index (κ1) is 18.9. The maximum Gasteiger partial charge on any atom is 0.338 e. The third-order valence-electron chi connectivity index (χ3n) is 7.07. The molecule has 0 saturated heterocycles. The van der Waals surface area contributed by atoms with Crippen LogP contribution in [0.3, 0.4) is 0 Å². The molecule has 2 aliphatic carbocycles. The van der Waals surface area contributed by atoms with Crippen molar-refractivity contribution in [2.75, 3.05) is 14.2 Å². The highest BCUT2D eigenvalue weighted by molar-refractivity contribution is 5.91. The van der Waals surface area contributed by atoms with Gasteiger partial charge < -0.3 is 9.47 Å². The summed E-state index contributed by atoms with van der Waals surface area (Å²) in [6.45, 7) is 6.47. The molecule has 4 nitrogen and oxygen atoms in total. The van der Waals surface area contributed by atoms with Crippen molar-refractivity contribution < 1.29 is 19.1 Å². The van der Waals surface area contributed by atoms with Gasteiger partial charge in [0.15, 0.2) is 0 Å². The maximum atomic E-state index is 12.6. The molecule has 142 valence electrons. The summed E-state index contributed by atoms with van der Waals surface area (Å²) in [6, 6.07) is 4.02. The third kappa shape index (κ3) is 2.57. The van der Waals surface area contributed by atoms with Gasteiger partial charge >= 0.3 is 11.9 Å². The van der Waals surface area contributed by atoms with Crippen LogP contribution in [0.15, 0.2) is 12.1 Å². The first-order valence-electron chi connectivity index (χ1n) is 9.65. The average Bonchev–Trinajstić information content (AvgIpc) is 2.65. The molecule has 0 bridgehead atoms. The highest BCUT2D eigenvalue weighted by Crippen LogP contribution is 2.58. The lowest BCUT2D eigenvalue weighted by Gasteiger charge is -2.54. The Morgan fingerprint density at radius 1 is 1.15 bits per heavy atom. The highest BCUT2D eigenvalue weighted by Gasteiger charge is 2.55. The number of ether oxygens (including phenoxy) is 2. The summed E-state index contributed by atoms with van der Waals surface area (Å²) >= 11 is 0. The third-order valence-corrected chi connectivity index (χ3v) is 7.07. The molecule has 0 amide bonds. The number of fused-ring (bicyclic) bond motifs is 3. The van der Waals surface area contributed by atoms with Crippen LogP contribution >= 0.6 is 0 Å². The van der Waals surface area contributed by atoms with Gasteiger partial charge in [-0.25, -0.2) is 4.79 Å². The molecule has 3 rings (SSSR count). The predicted octanol–water partition coefficient (Wildman–Crippen LogP) is 4.22. The lowest BCUT2D eigenvalue weighted by Crippen LogP contribution is -2.52. The molecule has 0 unspecified atom stereocenters. The Kier molecular flexibility index (Phi) is 4.89. The molecule has 1 fully saturated rings. The Balaban J connectivity index is 2.14. The molecule has 3 atom stereocenters. The van der Waals surface area contributed by atoms with Gasteiger partial charge in [0.1, 0.15) is 0 Å². The van der Waals surface area contributed by atoms with Crippen molar-refractivity contribution in [3.8, 4) is 0 Å². The largest absolute Gasteiger partial charge is 0.469 e. The van der Waals surface area contributed by atoms with E-state index in [2.05, 4.69) is 26.8 Å². The van der Waals surface area contributed by atoms with E-state index in [0.717, 1.165) is 44.1 Å². The van der Waals surface area contributed by atoms with Crippen molar-refractivity contribution in [3.63, 3.8) is 0 Å². The molecule has 0 aromatic heterocycles. The van der Waals surface area contributed by atoms with E-state index in [4.69, 9.17) is 9.47 Å². The van der Waals surface area contributed by atoms with Gasteiger partial charge in [-0.1, -0.05) is 26.3 Å². The van der Waals surface area contributed by atoms with Crippen LogP contribution in [-0.4, -0.2) is 26.2 Å². The SMILES string of the molecule is CCc1c(C(=O)OC)ccc2c1CC[C@H]1[C@@](C)(C(=O)OC)CCC[C@]21C. The normalized spacial score (nSPS) is 30.1. The van der Waals surface area contributed by atoms with Gasteiger partial charge in [0.2, 0.25) is 0 Å². The van der Waals surface area contributed by atoms with Crippen molar-refractivity contribution in [3.05, 3.63) is 34.4 Å². The molecule has 1 aromatic carbocycles. The number of hydrogen-bond donors (Lipinski definition) is 0. The van der Waals surface area contributed by atoms with Crippen molar-refractivity contribution in [2.45, 2.75) is 64.7 Å². The fourth-order valence-corrected chi connectivity index (χ4v) is 5.82. The average molecular weight is 358 g/mol. The van der Waals surface area contributed by atoms with E-state index in [1.807, 2.05) is 6.07 Å². The van der Waals surface area contributed by atoms with Crippen molar-refractivity contribution >= 4 is 11.9 Å². The minimum atomic E-state index is -0.438. The van der Waals surface area contributed by atoms with Crippen molar-refractivity contribution in [2.24, 2.45) is 11.3 Å². The summed E-state index contributed by atoms with van der Waals surface area (Å²) in [7, 11) is 2.93. The molecule has 0 spiro atoms. The second-order valence-corrected chi connectivity index (χ2v) is 8.23. The van der Waals surface area contributed by atoms with E-state index in [0.29, 0.717) is 5.56 Å². The standard InChI is InChI=1S/C22H30O4/c1-6-14-15-9-11-18-21(2,12-7-13-22(18,3)20(24)26-5)17(15)10-8-16(14)19(23)25-4/h8,10,18H,6-7,9,11-13H2,1-5H3/t18-,21-,22+/m1/s1. The molecule has 2 aliphatic rings. The maximum absolute atomic E-state index is 12.6. The van der Waals surface area contributed by atoms with Gasteiger partial charge in [-0.15, -0.1) is 0 Å². The van der Waals surface area contributed by atoms with Crippen LogP contribution in [0.4, 0.5) is 0 Å². The molecule has 1 saturated carbocycles. The molecule has 0 aliphatic heterocycles. The summed E-state index contributed by atoms with van der Waals surface area (Å²) in [5, 5.41) is 0. The van der Waals surface area contributed by atoms with Gasteiger partial charge in [-0.3, -0.25) is 4.79 Å². The van der Waals surface area contributed by atoms with Crippen LogP contribution in [0.1, 0.15) is 73.5 Å². The monoisotopic (exact) mass is 358 g/mol. The minimum absolute atomic E-state index is 0.0622. The second-order valence-electron chi connectivity index (χ2n) is 8.23. The second kappa shape index (κ2) is 6.71. The quantitative estimate of drug-likeness (QED) is 0.759. The predicted molar refractivity (Wildman–Crippen MR) is 100 cm³/mol. The number of carbonyl (C=O) groups excluding carboxylic acids is 2. The van der Waals surface area contributed by atoms with Crippen molar-refractivity contribution in [1.29, 1.82) is 0 Å². The number of methoxy groups -OCH3 is 2. The summed E-state index contributed by atoms with van der Waals surface area (Å²) in [6.07, 6.45) is 5.62. The van der Waals surface area contributed by atoms with E-state index in [1.165, 1.54) is 25.3 Å². The first-order chi connectivity index (χ1) is 12.3. The fraction of sp³-hybridized carbons (Fsp3) is 0.636. The lowest BCUT2D eigenvalue weighted by molar-refractivity contribution is -0.161. The molecule has 0 heterocycles. The number of rotatable bonds is 3.